The van der Waals surface area contributed by atoms with E-state index >= 15 is 0 Å². The zero-order valence-corrected chi connectivity index (χ0v) is 15.4. The Labute approximate surface area is 158 Å². The molecule has 0 aliphatic carbocycles. The Morgan fingerprint density at radius 1 is 1.30 bits per heavy atom. The number of phenolic OH excluding ortho intramolecular Hbond substituents is 1. The molecule has 0 radical (unpaired) electrons. The van der Waals surface area contributed by atoms with Crippen molar-refractivity contribution in [2.45, 2.75) is 44.9 Å². The SMILES string of the molecule is Cc1ncc2c(c1CNC(=O)C1CC(c3ccc(O)cc3)NN1)CCNC2. The van der Waals surface area contributed by atoms with Crippen LogP contribution in [0.2, 0.25) is 0 Å². The molecule has 2 aliphatic rings. The van der Waals surface area contributed by atoms with E-state index < -0.39 is 0 Å². The molecule has 1 aromatic heterocycles. The molecule has 1 saturated heterocycles. The number of hydrazine groups is 1. The lowest BCUT2D eigenvalue weighted by Crippen LogP contribution is -2.43. The molecule has 0 bridgehead atoms. The van der Waals surface area contributed by atoms with E-state index in [4.69, 9.17) is 0 Å². The largest absolute Gasteiger partial charge is 0.508 e. The molecule has 1 amide bonds. The Hall–Kier alpha value is -2.48. The predicted molar refractivity (Wildman–Crippen MR) is 102 cm³/mol. The number of hydrogen-bond acceptors (Lipinski definition) is 6. The monoisotopic (exact) mass is 367 g/mol. The molecular formula is C20H25N5O2. The van der Waals surface area contributed by atoms with Gasteiger partial charge in [-0.15, -0.1) is 0 Å². The highest BCUT2D eigenvalue weighted by atomic mass is 16.3. The van der Waals surface area contributed by atoms with Crippen molar-refractivity contribution in [1.82, 2.24) is 26.5 Å². The van der Waals surface area contributed by atoms with Gasteiger partial charge in [0.05, 0.1) is 0 Å². The number of aromatic nitrogens is 1. The maximum atomic E-state index is 12.6. The molecule has 2 unspecified atom stereocenters. The van der Waals surface area contributed by atoms with Crippen molar-refractivity contribution in [1.29, 1.82) is 0 Å². The molecule has 0 spiro atoms. The number of amides is 1. The second kappa shape index (κ2) is 7.64. The first-order valence-corrected chi connectivity index (χ1v) is 9.36. The third-order valence-corrected chi connectivity index (χ3v) is 5.42. The summed E-state index contributed by atoms with van der Waals surface area (Å²) in [6, 6.07) is 6.81. The first-order chi connectivity index (χ1) is 13.1. The number of carbonyl (C=O) groups excluding carboxylic acids is 1. The number of phenols is 1. The lowest BCUT2D eigenvalue weighted by atomic mass is 9.96. The number of fused-ring (bicyclic) bond motifs is 1. The molecule has 27 heavy (non-hydrogen) atoms. The number of aromatic hydroxyl groups is 1. The van der Waals surface area contributed by atoms with Crippen molar-refractivity contribution in [2.75, 3.05) is 6.54 Å². The fourth-order valence-electron chi connectivity index (χ4n) is 3.83. The fraction of sp³-hybridized carbons (Fsp3) is 0.400. The summed E-state index contributed by atoms with van der Waals surface area (Å²) in [7, 11) is 0. The van der Waals surface area contributed by atoms with Gasteiger partial charge in [0.2, 0.25) is 5.91 Å². The van der Waals surface area contributed by atoms with Crippen LogP contribution in [0.3, 0.4) is 0 Å². The van der Waals surface area contributed by atoms with Crippen molar-refractivity contribution in [3.05, 3.63) is 58.4 Å². The average Bonchev–Trinajstić information content (AvgIpc) is 3.18. The van der Waals surface area contributed by atoms with Crippen LogP contribution in [0.5, 0.6) is 5.75 Å². The summed E-state index contributed by atoms with van der Waals surface area (Å²) in [5.74, 6) is 0.221. The molecule has 7 heteroatoms. The summed E-state index contributed by atoms with van der Waals surface area (Å²) < 4.78 is 0. The molecule has 2 atom stereocenters. The van der Waals surface area contributed by atoms with Gasteiger partial charge in [0.1, 0.15) is 11.8 Å². The highest BCUT2D eigenvalue weighted by Crippen LogP contribution is 2.24. The highest BCUT2D eigenvalue weighted by Gasteiger charge is 2.30. The molecule has 4 rings (SSSR count). The number of nitrogens with one attached hydrogen (secondary N) is 4. The minimum absolute atomic E-state index is 0.0188. The van der Waals surface area contributed by atoms with E-state index in [2.05, 4.69) is 26.5 Å². The number of benzene rings is 1. The summed E-state index contributed by atoms with van der Waals surface area (Å²) in [4.78, 5) is 17.1. The standard InChI is InChI=1S/C20H25N5O2/c1-12-17(16-6-7-21-9-14(16)10-22-12)11-23-20(27)19-8-18(24-25-19)13-2-4-15(26)5-3-13/h2-5,10,18-19,21,24-26H,6-9,11H2,1H3,(H,23,27). The number of carbonyl (C=O) groups is 1. The number of pyridine rings is 1. The molecular weight excluding hydrogens is 342 g/mol. The fourth-order valence-corrected chi connectivity index (χ4v) is 3.83. The van der Waals surface area contributed by atoms with E-state index in [0.717, 1.165) is 36.3 Å². The van der Waals surface area contributed by atoms with E-state index in [9.17, 15) is 9.90 Å². The molecule has 142 valence electrons. The Morgan fingerprint density at radius 2 is 2.11 bits per heavy atom. The smallest absolute Gasteiger partial charge is 0.238 e. The summed E-state index contributed by atoms with van der Waals surface area (Å²) in [5.41, 5.74) is 12.0. The van der Waals surface area contributed by atoms with Crippen LogP contribution < -0.4 is 21.5 Å². The van der Waals surface area contributed by atoms with Gasteiger partial charge in [-0.1, -0.05) is 12.1 Å². The van der Waals surface area contributed by atoms with Gasteiger partial charge in [-0.2, -0.15) is 0 Å². The van der Waals surface area contributed by atoms with Gasteiger partial charge in [-0.3, -0.25) is 9.78 Å². The number of rotatable bonds is 4. The van der Waals surface area contributed by atoms with Crippen LogP contribution in [0.25, 0.3) is 0 Å². The predicted octanol–water partition coefficient (Wildman–Crippen LogP) is 0.965. The highest BCUT2D eigenvalue weighted by molar-refractivity contribution is 5.82. The second-order valence-electron chi connectivity index (χ2n) is 7.19. The van der Waals surface area contributed by atoms with Crippen LogP contribution in [0.1, 0.15) is 40.4 Å². The van der Waals surface area contributed by atoms with Crippen LogP contribution in [-0.4, -0.2) is 28.6 Å². The minimum atomic E-state index is -0.293. The van der Waals surface area contributed by atoms with E-state index in [-0.39, 0.29) is 23.7 Å². The molecule has 1 fully saturated rings. The molecule has 1 aromatic carbocycles. The molecule has 2 aliphatic heterocycles. The van der Waals surface area contributed by atoms with Crippen molar-refractivity contribution < 1.29 is 9.90 Å². The zero-order chi connectivity index (χ0) is 18.8. The molecule has 5 N–H and O–H groups in total. The van der Waals surface area contributed by atoms with Crippen molar-refractivity contribution in [3.63, 3.8) is 0 Å². The molecule has 7 nitrogen and oxygen atoms in total. The van der Waals surface area contributed by atoms with Crippen LogP contribution in [0, 0.1) is 6.92 Å². The third-order valence-electron chi connectivity index (χ3n) is 5.42. The lowest BCUT2D eigenvalue weighted by molar-refractivity contribution is -0.123. The minimum Gasteiger partial charge on any atom is -0.508 e. The van der Waals surface area contributed by atoms with E-state index in [1.807, 2.05) is 25.3 Å². The maximum absolute atomic E-state index is 12.6. The topological polar surface area (TPSA) is 98.3 Å². The van der Waals surface area contributed by atoms with Gasteiger partial charge in [0.25, 0.3) is 0 Å². The third kappa shape index (κ3) is 3.80. The van der Waals surface area contributed by atoms with Crippen molar-refractivity contribution >= 4 is 5.91 Å². The first kappa shape index (κ1) is 17.9. The van der Waals surface area contributed by atoms with Crippen LogP contribution in [0.4, 0.5) is 0 Å². The van der Waals surface area contributed by atoms with E-state index in [1.165, 1.54) is 11.1 Å². The number of aryl methyl sites for hydroxylation is 1. The first-order valence-electron chi connectivity index (χ1n) is 9.36. The molecule has 0 saturated carbocycles. The number of hydrogen-bond donors (Lipinski definition) is 5. The summed E-state index contributed by atoms with van der Waals surface area (Å²) >= 11 is 0. The van der Waals surface area contributed by atoms with Gasteiger partial charge in [0, 0.05) is 31.0 Å². The lowest BCUT2D eigenvalue weighted by Gasteiger charge is -2.22. The van der Waals surface area contributed by atoms with Gasteiger partial charge >= 0.3 is 0 Å². The summed E-state index contributed by atoms with van der Waals surface area (Å²) in [6.07, 6.45) is 3.56. The second-order valence-corrected chi connectivity index (χ2v) is 7.19. The van der Waals surface area contributed by atoms with Crippen molar-refractivity contribution in [3.8, 4) is 5.75 Å². The molecule has 2 aromatic rings. The molecule has 3 heterocycles. The Morgan fingerprint density at radius 3 is 2.93 bits per heavy atom. The summed E-state index contributed by atoms with van der Waals surface area (Å²) in [5, 5.41) is 15.8. The van der Waals surface area contributed by atoms with Crippen LogP contribution in [0.15, 0.2) is 30.5 Å². The van der Waals surface area contributed by atoms with Crippen molar-refractivity contribution in [2.24, 2.45) is 0 Å². The average molecular weight is 367 g/mol. The Kier molecular flexibility index (Phi) is 5.07. The zero-order valence-electron chi connectivity index (χ0n) is 15.4. The van der Waals surface area contributed by atoms with Gasteiger partial charge in [0.15, 0.2) is 0 Å². The van der Waals surface area contributed by atoms with Gasteiger partial charge in [-0.05, 0) is 60.7 Å². The Balaban J connectivity index is 1.39. The van der Waals surface area contributed by atoms with Crippen LogP contribution in [-0.2, 0) is 24.3 Å². The van der Waals surface area contributed by atoms with E-state index in [0.29, 0.717) is 13.0 Å². The maximum Gasteiger partial charge on any atom is 0.238 e. The van der Waals surface area contributed by atoms with Crippen LogP contribution >= 0.6 is 0 Å². The van der Waals surface area contributed by atoms with Gasteiger partial charge in [-0.25, -0.2) is 10.9 Å². The van der Waals surface area contributed by atoms with E-state index in [1.54, 1.807) is 12.1 Å². The quantitative estimate of drug-likeness (QED) is 0.552. The van der Waals surface area contributed by atoms with Gasteiger partial charge < -0.3 is 15.7 Å². The normalized spacial score (nSPS) is 21.7. The summed E-state index contributed by atoms with van der Waals surface area (Å²) in [6.45, 7) is 4.30. The Bertz CT molecular complexity index is 837. The number of nitrogens with zero attached hydrogens (tertiary/aromatic N) is 1.